The SMILES string of the molecule is C=CC(=O)OCCCOc1ccc(C(=O)Oc2ccc(C(=O)Oc3ccc(C)cc3C)cc2)cc1.CC. The highest BCUT2D eigenvalue weighted by Crippen LogP contribution is 2.21. The normalized spacial score (nSPS) is 9.84. The average Bonchev–Trinajstić information content (AvgIpc) is 2.91. The van der Waals surface area contributed by atoms with Crippen LogP contribution in [0.1, 0.15) is 52.1 Å². The fraction of sp³-hybridized carbons (Fsp3) is 0.233. The van der Waals surface area contributed by atoms with E-state index in [9.17, 15) is 14.4 Å². The van der Waals surface area contributed by atoms with Crippen molar-refractivity contribution in [3.8, 4) is 17.2 Å². The summed E-state index contributed by atoms with van der Waals surface area (Å²) in [6, 6.07) is 18.2. The Morgan fingerprint density at radius 3 is 1.89 bits per heavy atom. The molecule has 0 amide bonds. The summed E-state index contributed by atoms with van der Waals surface area (Å²) in [5, 5.41) is 0. The molecule has 0 spiro atoms. The first-order chi connectivity index (χ1) is 17.9. The van der Waals surface area contributed by atoms with E-state index in [0.29, 0.717) is 41.4 Å². The zero-order valence-electron chi connectivity index (χ0n) is 21.6. The predicted molar refractivity (Wildman–Crippen MR) is 141 cm³/mol. The molecule has 7 nitrogen and oxygen atoms in total. The summed E-state index contributed by atoms with van der Waals surface area (Å²) in [7, 11) is 0. The van der Waals surface area contributed by atoms with Crippen LogP contribution in [0, 0.1) is 13.8 Å². The van der Waals surface area contributed by atoms with Gasteiger partial charge in [-0.1, -0.05) is 38.1 Å². The quantitative estimate of drug-likeness (QED) is 0.139. The highest BCUT2D eigenvalue weighted by molar-refractivity contribution is 5.92. The van der Waals surface area contributed by atoms with Crippen LogP contribution in [0.5, 0.6) is 17.2 Å². The molecule has 0 unspecified atom stereocenters. The third-order valence-corrected chi connectivity index (χ3v) is 4.89. The Balaban J connectivity index is 0.00000235. The van der Waals surface area contributed by atoms with E-state index in [1.165, 1.54) is 24.3 Å². The first-order valence-corrected chi connectivity index (χ1v) is 12.0. The van der Waals surface area contributed by atoms with Crippen LogP contribution in [0.4, 0.5) is 0 Å². The maximum atomic E-state index is 12.4. The number of carbonyl (C=O) groups is 3. The minimum atomic E-state index is -0.543. The van der Waals surface area contributed by atoms with Gasteiger partial charge in [0.1, 0.15) is 17.2 Å². The molecule has 0 N–H and O–H groups in total. The van der Waals surface area contributed by atoms with E-state index < -0.39 is 17.9 Å². The van der Waals surface area contributed by atoms with Gasteiger partial charge in [0.05, 0.1) is 24.3 Å². The van der Waals surface area contributed by atoms with Crippen molar-refractivity contribution in [1.82, 2.24) is 0 Å². The molecule has 3 aromatic carbocycles. The van der Waals surface area contributed by atoms with Crippen LogP contribution in [0.25, 0.3) is 0 Å². The van der Waals surface area contributed by atoms with Gasteiger partial charge >= 0.3 is 17.9 Å². The second kappa shape index (κ2) is 14.9. The fourth-order valence-electron chi connectivity index (χ4n) is 3.07. The molecule has 0 aromatic heterocycles. The van der Waals surface area contributed by atoms with Crippen molar-refractivity contribution in [2.24, 2.45) is 0 Å². The number of aryl methyl sites for hydroxylation is 2. The smallest absolute Gasteiger partial charge is 0.343 e. The molecule has 37 heavy (non-hydrogen) atoms. The van der Waals surface area contributed by atoms with Crippen LogP contribution in [-0.4, -0.2) is 31.1 Å². The van der Waals surface area contributed by atoms with Gasteiger partial charge in [0.2, 0.25) is 0 Å². The summed E-state index contributed by atoms with van der Waals surface area (Å²) in [5.74, 6) is -0.141. The topological polar surface area (TPSA) is 88.1 Å². The highest BCUT2D eigenvalue weighted by Gasteiger charge is 2.13. The van der Waals surface area contributed by atoms with Crippen molar-refractivity contribution >= 4 is 17.9 Å². The van der Waals surface area contributed by atoms with E-state index in [0.717, 1.165) is 17.2 Å². The molecule has 0 atom stereocenters. The molecular weight excluding hydrogens is 472 g/mol. The number of carbonyl (C=O) groups excluding carboxylic acids is 3. The standard InChI is InChI=1S/C28H26O7.C2H6/c1-4-26(29)33-17-5-16-32-23-11-7-21(8-12-23)27(30)34-24-13-9-22(10-14-24)28(31)35-25-15-6-19(2)18-20(25)3;1-2/h4,6-15,18H,1,5,16-17H2,2-3H3;1-2H3. The summed E-state index contributed by atoms with van der Waals surface area (Å²) >= 11 is 0. The highest BCUT2D eigenvalue weighted by atomic mass is 16.5. The minimum Gasteiger partial charge on any atom is -0.493 e. The molecule has 0 heterocycles. The Morgan fingerprint density at radius 1 is 0.757 bits per heavy atom. The Kier molecular flexibility index (Phi) is 11.6. The van der Waals surface area contributed by atoms with Crippen molar-refractivity contribution in [1.29, 1.82) is 0 Å². The monoisotopic (exact) mass is 504 g/mol. The summed E-state index contributed by atoms with van der Waals surface area (Å²) in [5.41, 5.74) is 2.63. The Labute approximate surface area is 217 Å². The zero-order valence-corrected chi connectivity index (χ0v) is 21.6. The van der Waals surface area contributed by atoms with Gasteiger partial charge in [0.25, 0.3) is 0 Å². The van der Waals surface area contributed by atoms with Crippen molar-refractivity contribution in [2.75, 3.05) is 13.2 Å². The molecular formula is C30H32O7. The first-order valence-electron chi connectivity index (χ1n) is 12.0. The molecule has 7 heteroatoms. The molecule has 0 bridgehead atoms. The molecule has 0 saturated heterocycles. The van der Waals surface area contributed by atoms with E-state index in [4.69, 9.17) is 18.9 Å². The lowest BCUT2D eigenvalue weighted by Crippen LogP contribution is -2.11. The predicted octanol–water partition coefficient (Wildman–Crippen LogP) is 6.27. The van der Waals surface area contributed by atoms with Gasteiger partial charge < -0.3 is 18.9 Å². The van der Waals surface area contributed by atoms with Crippen molar-refractivity contribution in [3.63, 3.8) is 0 Å². The lowest BCUT2D eigenvalue weighted by Gasteiger charge is -2.09. The molecule has 0 aliphatic rings. The maximum Gasteiger partial charge on any atom is 0.343 e. The Morgan fingerprint density at radius 2 is 1.32 bits per heavy atom. The van der Waals surface area contributed by atoms with E-state index in [-0.39, 0.29) is 6.61 Å². The molecule has 3 aromatic rings. The van der Waals surface area contributed by atoms with Crippen LogP contribution in [0.3, 0.4) is 0 Å². The summed E-state index contributed by atoms with van der Waals surface area (Å²) < 4.78 is 21.3. The third-order valence-electron chi connectivity index (χ3n) is 4.89. The molecule has 0 fully saturated rings. The molecule has 194 valence electrons. The summed E-state index contributed by atoms with van der Waals surface area (Å²) in [6.07, 6.45) is 1.63. The Bertz CT molecular complexity index is 1200. The van der Waals surface area contributed by atoms with Crippen molar-refractivity contribution in [2.45, 2.75) is 34.1 Å². The van der Waals surface area contributed by atoms with Crippen molar-refractivity contribution in [3.05, 3.63) is 102 Å². The number of ether oxygens (including phenoxy) is 4. The second-order valence-electron chi connectivity index (χ2n) is 7.67. The molecule has 0 aliphatic heterocycles. The van der Waals surface area contributed by atoms with Gasteiger partial charge in [-0.3, -0.25) is 0 Å². The number of hydrogen-bond donors (Lipinski definition) is 0. The van der Waals surface area contributed by atoms with Crippen LogP contribution in [0.15, 0.2) is 79.4 Å². The number of hydrogen-bond acceptors (Lipinski definition) is 7. The van der Waals surface area contributed by atoms with Gasteiger partial charge in [0, 0.05) is 12.5 Å². The van der Waals surface area contributed by atoms with Gasteiger partial charge in [-0.15, -0.1) is 0 Å². The minimum absolute atomic E-state index is 0.234. The molecule has 0 saturated carbocycles. The summed E-state index contributed by atoms with van der Waals surface area (Å²) in [4.78, 5) is 35.8. The average molecular weight is 505 g/mol. The lowest BCUT2D eigenvalue weighted by atomic mass is 10.1. The molecule has 3 rings (SSSR count). The van der Waals surface area contributed by atoms with Crippen molar-refractivity contribution < 1.29 is 33.3 Å². The van der Waals surface area contributed by atoms with Gasteiger partial charge in [0.15, 0.2) is 0 Å². The third kappa shape index (κ3) is 9.29. The van der Waals surface area contributed by atoms with Crippen LogP contribution in [0.2, 0.25) is 0 Å². The van der Waals surface area contributed by atoms with E-state index in [1.807, 2.05) is 39.8 Å². The lowest BCUT2D eigenvalue weighted by molar-refractivity contribution is -0.137. The number of esters is 3. The largest absolute Gasteiger partial charge is 0.493 e. The van der Waals surface area contributed by atoms with Gasteiger partial charge in [-0.2, -0.15) is 0 Å². The van der Waals surface area contributed by atoms with Crippen LogP contribution >= 0.6 is 0 Å². The van der Waals surface area contributed by atoms with E-state index >= 15 is 0 Å². The van der Waals surface area contributed by atoms with Crippen LogP contribution in [-0.2, 0) is 9.53 Å². The first kappa shape index (κ1) is 28.8. The Hall–Kier alpha value is -4.39. The zero-order chi connectivity index (χ0) is 27.2. The fourth-order valence-corrected chi connectivity index (χ4v) is 3.07. The van der Waals surface area contributed by atoms with E-state index in [1.54, 1.807) is 30.3 Å². The number of benzene rings is 3. The second-order valence-corrected chi connectivity index (χ2v) is 7.67. The number of rotatable bonds is 10. The molecule has 0 aliphatic carbocycles. The summed E-state index contributed by atoms with van der Waals surface area (Å²) in [6.45, 7) is 11.8. The van der Waals surface area contributed by atoms with E-state index in [2.05, 4.69) is 6.58 Å². The van der Waals surface area contributed by atoms with Crippen LogP contribution < -0.4 is 14.2 Å². The van der Waals surface area contributed by atoms with Gasteiger partial charge in [-0.25, -0.2) is 14.4 Å². The molecule has 0 radical (unpaired) electrons. The maximum absolute atomic E-state index is 12.4. The van der Waals surface area contributed by atoms with Gasteiger partial charge in [-0.05, 0) is 74.0 Å².